The summed E-state index contributed by atoms with van der Waals surface area (Å²) in [7, 11) is 0. The van der Waals surface area contributed by atoms with Crippen molar-refractivity contribution in [2.45, 2.75) is 31.8 Å². The van der Waals surface area contributed by atoms with E-state index in [1.807, 2.05) is 24.3 Å². The van der Waals surface area contributed by atoms with Crippen LogP contribution in [0.5, 0.6) is 0 Å². The highest BCUT2D eigenvalue weighted by atomic mass is 16.3. The van der Waals surface area contributed by atoms with Crippen molar-refractivity contribution in [3.8, 4) is 11.3 Å². The van der Waals surface area contributed by atoms with Gasteiger partial charge in [-0.3, -0.25) is 4.79 Å². The van der Waals surface area contributed by atoms with Gasteiger partial charge >= 0.3 is 0 Å². The van der Waals surface area contributed by atoms with Crippen LogP contribution in [0.15, 0.2) is 36.4 Å². The molecule has 1 amide bonds. The highest BCUT2D eigenvalue weighted by Gasteiger charge is 2.37. The molecule has 1 aliphatic heterocycles. The molecule has 0 aliphatic carbocycles. The Morgan fingerprint density at radius 3 is 2.44 bits per heavy atom. The number of carbonyl (C=O) groups is 1. The number of carbonyl (C=O) groups excluding carboxylic acids is 1. The average Bonchev–Trinajstić information content (AvgIpc) is 3.04. The Morgan fingerprint density at radius 1 is 1.20 bits per heavy atom. The Hall–Kier alpha value is -2.31. The number of aliphatic hydroxyl groups excluding tert-OH is 1. The molecular formula is C19H23N3O3. The van der Waals surface area contributed by atoms with E-state index in [0.717, 1.165) is 17.0 Å². The predicted molar refractivity (Wildman–Crippen MR) is 94.1 cm³/mol. The number of amides is 1. The molecule has 1 aromatic heterocycles. The second kappa shape index (κ2) is 6.90. The third kappa shape index (κ3) is 3.70. The lowest BCUT2D eigenvalue weighted by atomic mass is 10.1. The summed E-state index contributed by atoms with van der Waals surface area (Å²) < 4.78 is 0. The zero-order valence-electron chi connectivity index (χ0n) is 14.5. The van der Waals surface area contributed by atoms with Gasteiger partial charge in [0.15, 0.2) is 0 Å². The van der Waals surface area contributed by atoms with Gasteiger partial charge in [-0.05, 0) is 36.6 Å². The van der Waals surface area contributed by atoms with Gasteiger partial charge in [0.1, 0.15) is 5.60 Å². The van der Waals surface area contributed by atoms with Crippen molar-refractivity contribution in [3.63, 3.8) is 0 Å². The van der Waals surface area contributed by atoms with E-state index < -0.39 is 5.60 Å². The molecule has 6 nitrogen and oxygen atoms in total. The maximum atomic E-state index is 12.5. The molecule has 2 N–H and O–H groups in total. The minimum atomic E-state index is -1.18. The van der Waals surface area contributed by atoms with Crippen LogP contribution in [-0.2, 0) is 0 Å². The van der Waals surface area contributed by atoms with E-state index in [1.54, 1.807) is 17.0 Å². The van der Waals surface area contributed by atoms with Gasteiger partial charge in [-0.2, -0.15) is 10.2 Å². The van der Waals surface area contributed by atoms with Gasteiger partial charge in [-0.1, -0.05) is 26.0 Å². The molecule has 0 unspecified atom stereocenters. The molecule has 1 atom stereocenters. The van der Waals surface area contributed by atoms with Crippen molar-refractivity contribution < 1.29 is 15.0 Å². The molecule has 3 rings (SSSR count). The molecule has 0 spiro atoms. The van der Waals surface area contributed by atoms with Crippen LogP contribution in [0.3, 0.4) is 0 Å². The first-order valence-corrected chi connectivity index (χ1v) is 8.48. The zero-order chi connectivity index (χ0) is 18.0. The summed E-state index contributed by atoms with van der Waals surface area (Å²) in [5, 5.41) is 27.7. The Morgan fingerprint density at radius 2 is 1.92 bits per heavy atom. The first-order valence-electron chi connectivity index (χ1n) is 8.48. The number of β-amino-alcohol motifs (C(OH)–C–C–N with tert-alkyl or cyclic N) is 1. The monoisotopic (exact) mass is 341 g/mol. The SMILES string of the molecule is CC(C)c1ccc(-c2ccc(C(=O)N3CC[C@](O)(CO)C3)cc2)nn1. The third-order valence-electron chi connectivity index (χ3n) is 4.62. The van der Waals surface area contributed by atoms with E-state index in [1.165, 1.54) is 0 Å². The third-order valence-corrected chi connectivity index (χ3v) is 4.62. The number of nitrogens with zero attached hydrogens (tertiary/aromatic N) is 3. The van der Waals surface area contributed by atoms with Crippen molar-refractivity contribution in [1.29, 1.82) is 0 Å². The molecule has 0 radical (unpaired) electrons. The molecular weight excluding hydrogens is 318 g/mol. The molecule has 2 aromatic rings. The molecule has 25 heavy (non-hydrogen) atoms. The molecule has 1 fully saturated rings. The largest absolute Gasteiger partial charge is 0.393 e. The first-order chi connectivity index (χ1) is 11.9. The second-order valence-corrected chi connectivity index (χ2v) is 6.93. The van der Waals surface area contributed by atoms with Gasteiger partial charge < -0.3 is 15.1 Å². The molecule has 0 saturated carbocycles. The number of aliphatic hydroxyl groups is 2. The van der Waals surface area contributed by atoms with E-state index >= 15 is 0 Å². The molecule has 0 bridgehead atoms. The Balaban J connectivity index is 1.73. The number of hydrogen-bond acceptors (Lipinski definition) is 5. The highest BCUT2D eigenvalue weighted by Crippen LogP contribution is 2.24. The van der Waals surface area contributed by atoms with Crippen LogP contribution >= 0.6 is 0 Å². The number of likely N-dealkylation sites (tertiary alicyclic amines) is 1. The number of hydrogen-bond donors (Lipinski definition) is 2. The second-order valence-electron chi connectivity index (χ2n) is 6.93. The van der Waals surface area contributed by atoms with Crippen LogP contribution in [0.1, 0.15) is 42.2 Å². The normalized spacial score (nSPS) is 20.3. The molecule has 132 valence electrons. The van der Waals surface area contributed by atoms with Gasteiger partial charge in [0.05, 0.1) is 24.5 Å². The highest BCUT2D eigenvalue weighted by molar-refractivity contribution is 5.95. The lowest BCUT2D eigenvalue weighted by Gasteiger charge is -2.21. The summed E-state index contributed by atoms with van der Waals surface area (Å²) in [5.74, 6) is 0.191. The molecule has 1 aliphatic rings. The van der Waals surface area contributed by atoms with Gasteiger partial charge in [0, 0.05) is 17.7 Å². The Bertz CT molecular complexity index is 744. The van der Waals surface area contributed by atoms with Crippen molar-refractivity contribution in [2.24, 2.45) is 0 Å². The standard InChI is InChI=1S/C19H23N3O3/c1-13(2)16-7-8-17(21-20-16)14-3-5-15(6-4-14)18(24)22-10-9-19(25,11-22)12-23/h3-8,13,23,25H,9-12H2,1-2H3/t19-/m1/s1. The molecule has 1 saturated heterocycles. The van der Waals surface area contributed by atoms with Crippen molar-refractivity contribution in [2.75, 3.05) is 19.7 Å². The van der Waals surface area contributed by atoms with Gasteiger partial charge in [-0.25, -0.2) is 0 Å². The average molecular weight is 341 g/mol. The number of benzene rings is 1. The van der Waals surface area contributed by atoms with E-state index in [4.69, 9.17) is 0 Å². The van der Waals surface area contributed by atoms with Crippen LogP contribution in [0.25, 0.3) is 11.3 Å². The minimum Gasteiger partial charge on any atom is -0.393 e. The van der Waals surface area contributed by atoms with E-state index in [9.17, 15) is 15.0 Å². The molecule has 1 aromatic carbocycles. The lowest BCUT2D eigenvalue weighted by Crippen LogP contribution is -2.38. The summed E-state index contributed by atoms with van der Waals surface area (Å²) in [5.41, 5.74) is 1.98. The fraction of sp³-hybridized carbons (Fsp3) is 0.421. The van der Waals surface area contributed by atoms with E-state index in [0.29, 0.717) is 24.4 Å². The number of rotatable bonds is 4. The lowest BCUT2D eigenvalue weighted by molar-refractivity contribution is -0.00455. The van der Waals surface area contributed by atoms with Crippen LogP contribution in [0, 0.1) is 0 Å². The van der Waals surface area contributed by atoms with Gasteiger partial charge in [0.2, 0.25) is 0 Å². The minimum absolute atomic E-state index is 0.142. The van der Waals surface area contributed by atoms with Gasteiger partial charge in [0.25, 0.3) is 5.91 Å². The van der Waals surface area contributed by atoms with Crippen molar-refractivity contribution in [3.05, 3.63) is 47.7 Å². The topological polar surface area (TPSA) is 86.6 Å². The Kier molecular flexibility index (Phi) is 4.83. The van der Waals surface area contributed by atoms with Crippen LogP contribution in [0.2, 0.25) is 0 Å². The maximum Gasteiger partial charge on any atom is 0.253 e. The van der Waals surface area contributed by atoms with Crippen molar-refractivity contribution in [1.82, 2.24) is 15.1 Å². The molecule has 6 heteroatoms. The van der Waals surface area contributed by atoms with Gasteiger partial charge in [-0.15, -0.1) is 0 Å². The molecule has 2 heterocycles. The van der Waals surface area contributed by atoms with E-state index in [-0.39, 0.29) is 19.1 Å². The summed E-state index contributed by atoms with van der Waals surface area (Å²) >= 11 is 0. The summed E-state index contributed by atoms with van der Waals surface area (Å²) in [4.78, 5) is 14.1. The predicted octanol–water partition coefficient (Wildman–Crippen LogP) is 1.84. The van der Waals surface area contributed by atoms with Crippen LogP contribution < -0.4 is 0 Å². The maximum absolute atomic E-state index is 12.5. The summed E-state index contributed by atoms with van der Waals surface area (Å²) in [6.07, 6.45) is 0.394. The smallest absolute Gasteiger partial charge is 0.253 e. The fourth-order valence-corrected chi connectivity index (χ4v) is 2.93. The first kappa shape index (κ1) is 17.5. The van der Waals surface area contributed by atoms with Crippen LogP contribution in [-0.4, -0.2) is 56.5 Å². The fourth-order valence-electron chi connectivity index (χ4n) is 2.93. The Labute approximate surface area is 147 Å². The van der Waals surface area contributed by atoms with Crippen LogP contribution in [0.4, 0.5) is 0 Å². The van der Waals surface area contributed by atoms with Crippen molar-refractivity contribution >= 4 is 5.91 Å². The quantitative estimate of drug-likeness (QED) is 0.886. The van der Waals surface area contributed by atoms with E-state index in [2.05, 4.69) is 24.0 Å². The number of aromatic nitrogens is 2. The summed E-state index contributed by atoms with van der Waals surface area (Å²) in [6, 6.07) is 11.1. The summed E-state index contributed by atoms with van der Waals surface area (Å²) in [6.45, 7) is 4.41. The zero-order valence-corrected chi connectivity index (χ0v) is 14.5.